The molecule has 6 heteroatoms. The van der Waals surface area contributed by atoms with Crippen LogP contribution >= 0.6 is 0 Å². The lowest BCUT2D eigenvalue weighted by Gasteiger charge is -2.17. The molecule has 0 radical (unpaired) electrons. The molecule has 20 heavy (non-hydrogen) atoms. The number of anilines is 1. The number of likely N-dealkylation sites (N-methyl/N-ethyl adjacent to an activating group) is 1. The van der Waals surface area contributed by atoms with Gasteiger partial charge in [0.2, 0.25) is 5.91 Å². The van der Waals surface area contributed by atoms with Gasteiger partial charge in [0, 0.05) is 19.2 Å². The van der Waals surface area contributed by atoms with Gasteiger partial charge in [0.25, 0.3) is 0 Å². The first-order valence-corrected chi connectivity index (χ1v) is 6.85. The summed E-state index contributed by atoms with van der Waals surface area (Å²) in [6, 6.07) is -0.681. The Hall–Kier alpha value is -1.84. The molecule has 6 nitrogen and oxygen atoms in total. The minimum absolute atomic E-state index is 0.224. The molecule has 1 heterocycles. The van der Waals surface area contributed by atoms with E-state index in [1.54, 1.807) is 17.1 Å². The van der Waals surface area contributed by atoms with Crippen molar-refractivity contribution in [1.29, 1.82) is 0 Å². The van der Waals surface area contributed by atoms with Gasteiger partial charge >= 0.3 is 0 Å². The van der Waals surface area contributed by atoms with Crippen molar-refractivity contribution in [2.45, 2.75) is 32.9 Å². The Morgan fingerprint density at radius 3 is 2.90 bits per heavy atom. The summed E-state index contributed by atoms with van der Waals surface area (Å²) < 4.78 is 1.81. The summed E-state index contributed by atoms with van der Waals surface area (Å²) in [6.07, 6.45) is 8.76. The minimum Gasteiger partial charge on any atom is -0.322 e. The molecule has 0 aromatic carbocycles. The maximum Gasteiger partial charge on any atom is 0.242 e. The molecule has 0 aliphatic heterocycles. The summed E-state index contributed by atoms with van der Waals surface area (Å²) >= 11 is 0. The number of nitrogens with zero attached hydrogens (tertiary/aromatic N) is 3. The molecule has 1 amide bonds. The van der Waals surface area contributed by atoms with Gasteiger partial charge in [-0.05, 0) is 13.1 Å². The Balaban J connectivity index is 2.47. The van der Waals surface area contributed by atoms with Crippen molar-refractivity contribution in [2.24, 2.45) is 5.73 Å². The Kier molecular flexibility index (Phi) is 6.77. The summed E-state index contributed by atoms with van der Waals surface area (Å²) in [4.78, 5) is 14.0. The molecule has 3 N–H and O–H groups in total. The van der Waals surface area contributed by atoms with Crippen molar-refractivity contribution in [3.05, 3.63) is 12.4 Å². The highest BCUT2D eigenvalue weighted by Crippen LogP contribution is 2.06. The Bertz CT molecular complexity index is 458. The SMILES string of the molecule is C#CCC(N)C(=O)Nc1cnn(CCN(CC)CC)c1. The molecule has 110 valence electrons. The minimum atomic E-state index is -0.681. The lowest BCUT2D eigenvalue weighted by molar-refractivity contribution is -0.117. The molecule has 1 unspecified atom stereocenters. The Labute approximate surface area is 120 Å². The second-order valence-corrected chi connectivity index (χ2v) is 4.52. The lowest BCUT2D eigenvalue weighted by atomic mass is 10.2. The van der Waals surface area contributed by atoms with Crippen LogP contribution in [0.1, 0.15) is 20.3 Å². The molecular formula is C14H23N5O. The smallest absolute Gasteiger partial charge is 0.242 e. The molecule has 0 aliphatic rings. The first-order valence-electron chi connectivity index (χ1n) is 6.85. The zero-order chi connectivity index (χ0) is 15.0. The molecule has 0 saturated carbocycles. The van der Waals surface area contributed by atoms with E-state index in [2.05, 4.69) is 35.1 Å². The predicted octanol–water partition coefficient (Wildman–Crippen LogP) is 0.514. The number of carbonyl (C=O) groups is 1. The second kappa shape index (κ2) is 8.35. The number of aromatic nitrogens is 2. The number of amides is 1. The molecule has 0 aliphatic carbocycles. The van der Waals surface area contributed by atoms with Crippen LogP contribution in [0.4, 0.5) is 5.69 Å². The third-order valence-corrected chi connectivity index (χ3v) is 3.12. The zero-order valence-corrected chi connectivity index (χ0v) is 12.2. The van der Waals surface area contributed by atoms with Gasteiger partial charge in [-0.1, -0.05) is 13.8 Å². The van der Waals surface area contributed by atoms with E-state index in [0.717, 1.165) is 26.2 Å². The fourth-order valence-corrected chi connectivity index (χ4v) is 1.79. The third-order valence-electron chi connectivity index (χ3n) is 3.12. The number of terminal acetylenes is 1. The van der Waals surface area contributed by atoms with Crippen LogP contribution < -0.4 is 11.1 Å². The van der Waals surface area contributed by atoms with Crippen LogP contribution in [0.15, 0.2) is 12.4 Å². The van der Waals surface area contributed by atoms with E-state index < -0.39 is 6.04 Å². The fourth-order valence-electron chi connectivity index (χ4n) is 1.79. The van der Waals surface area contributed by atoms with Crippen LogP contribution in [0.5, 0.6) is 0 Å². The van der Waals surface area contributed by atoms with E-state index in [0.29, 0.717) is 5.69 Å². The number of nitrogens with one attached hydrogen (secondary N) is 1. The van der Waals surface area contributed by atoms with Gasteiger partial charge in [-0.3, -0.25) is 9.48 Å². The van der Waals surface area contributed by atoms with E-state index in [-0.39, 0.29) is 12.3 Å². The summed E-state index contributed by atoms with van der Waals surface area (Å²) in [5.74, 6) is 2.09. The summed E-state index contributed by atoms with van der Waals surface area (Å²) in [5, 5.41) is 6.92. The van der Waals surface area contributed by atoms with Crippen molar-refractivity contribution in [2.75, 3.05) is 25.0 Å². The van der Waals surface area contributed by atoms with E-state index >= 15 is 0 Å². The van der Waals surface area contributed by atoms with Crippen LogP contribution in [0.25, 0.3) is 0 Å². The number of hydrogen-bond acceptors (Lipinski definition) is 4. The maximum absolute atomic E-state index is 11.7. The number of nitrogens with two attached hydrogens (primary N) is 1. The van der Waals surface area contributed by atoms with Crippen molar-refractivity contribution in [3.63, 3.8) is 0 Å². The van der Waals surface area contributed by atoms with Gasteiger partial charge < -0.3 is 16.0 Å². The van der Waals surface area contributed by atoms with Crippen LogP contribution in [0, 0.1) is 12.3 Å². The maximum atomic E-state index is 11.7. The first kappa shape index (κ1) is 16.2. The van der Waals surface area contributed by atoms with Crippen molar-refractivity contribution in [1.82, 2.24) is 14.7 Å². The van der Waals surface area contributed by atoms with E-state index in [4.69, 9.17) is 12.2 Å². The van der Waals surface area contributed by atoms with Crippen LogP contribution in [0.3, 0.4) is 0 Å². The van der Waals surface area contributed by atoms with Gasteiger partial charge in [-0.2, -0.15) is 5.10 Å². The Morgan fingerprint density at radius 2 is 2.30 bits per heavy atom. The molecule has 1 rings (SSSR count). The van der Waals surface area contributed by atoms with E-state index in [1.165, 1.54) is 0 Å². The standard InChI is InChI=1S/C14H23N5O/c1-4-7-13(15)14(20)17-12-10-16-19(11-12)9-8-18(5-2)6-3/h1,10-11,13H,5-9,15H2,2-3H3,(H,17,20). The van der Waals surface area contributed by atoms with Crippen LogP contribution in [-0.2, 0) is 11.3 Å². The molecule has 0 saturated heterocycles. The van der Waals surface area contributed by atoms with Crippen LogP contribution in [0.2, 0.25) is 0 Å². The molecule has 1 aromatic rings. The normalized spacial score (nSPS) is 12.2. The number of rotatable bonds is 8. The quantitative estimate of drug-likeness (QED) is 0.679. The van der Waals surface area contributed by atoms with Crippen molar-refractivity contribution < 1.29 is 4.79 Å². The largest absolute Gasteiger partial charge is 0.322 e. The molecule has 0 bridgehead atoms. The van der Waals surface area contributed by atoms with E-state index in [9.17, 15) is 4.79 Å². The van der Waals surface area contributed by atoms with Gasteiger partial charge in [0.05, 0.1) is 24.5 Å². The Morgan fingerprint density at radius 1 is 1.60 bits per heavy atom. The molecular weight excluding hydrogens is 254 g/mol. The fraction of sp³-hybridized carbons (Fsp3) is 0.571. The number of carbonyl (C=O) groups excluding carboxylic acids is 1. The van der Waals surface area contributed by atoms with Crippen molar-refractivity contribution in [3.8, 4) is 12.3 Å². The molecule has 1 aromatic heterocycles. The zero-order valence-electron chi connectivity index (χ0n) is 12.2. The van der Waals surface area contributed by atoms with Gasteiger partial charge in [-0.15, -0.1) is 12.3 Å². The monoisotopic (exact) mass is 277 g/mol. The summed E-state index contributed by atoms with van der Waals surface area (Å²) in [7, 11) is 0. The second-order valence-electron chi connectivity index (χ2n) is 4.52. The van der Waals surface area contributed by atoms with Gasteiger partial charge in [0.1, 0.15) is 0 Å². The highest BCUT2D eigenvalue weighted by atomic mass is 16.2. The molecule has 0 fully saturated rings. The highest BCUT2D eigenvalue weighted by molar-refractivity contribution is 5.94. The average molecular weight is 277 g/mol. The predicted molar refractivity (Wildman–Crippen MR) is 80.1 cm³/mol. The van der Waals surface area contributed by atoms with Crippen LogP contribution in [-0.4, -0.2) is 46.3 Å². The third kappa shape index (κ3) is 5.03. The summed E-state index contributed by atoms with van der Waals surface area (Å²) in [6.45, 7) is 8.01. The van der Waals surface area contributed by atoms with Gasteiger partial charge in [0.15, 0.2) is 0 Å². The summed E-state index contributed by atoms with van der Waals surface area (Å²) in [5.41, 5.74) is 6.27. The highest BCUT2D eigenvalue weighted by Gasteiger charge is 2.13. The molecule has 1 atom stereocenters. The first-order chi connectivity index (χ1) is 9.60. The molecule has 0 spiro atoms. The lowest BCUT2D eigenvalue weighted by Crippen LogP contribution is -2.35. The van der Waals surface area contributed by atoms with Crippen molar-refractivity contribution >= 4 is 11.6 Å². The van der Waals surface area contributed by atoms with E-state index in [1.807, 2.05) is 0 Å². The average Bonchev–Trinajstić information content (AvgIpc) is 2.87. The van der Waals surface area contributed by atoms with Gasteiger partial charge in [-0.25, -0.2) is 0 Å². The topological polar surface area (TPSA) is 76.2 Å². The number of hydrogen-bond donors (Lipinski definition) is 2.